The molecule has 0 aliphatic carbocycles. The summed E-state index contributed by atoms with van der Waals surface area (Å²) in [4.78, 5) is 0. The van der Waals surface area contributed by atoms with Crippen molar-refractivity contribution in [3.8, 4) is 5.75 Å². The van der Waals surface area contributed by atoms with Crippen molar-refractivity contribution in [1.82, 2.24) is 5.32 Å². The molecule has 3 aromatic carbocycles. The van der Waals surface area contributed by atoms with Crippen LogP contribution in [0, 0.1) is 5.82 Å². The van der Waals surface area contributed by atoms with Gasteiger partial charge in [-0.3, -0.25) is 0 Å². The standard InChI is InChI=1S/C22H21ClFNO2/c23-20-12-19(24)11-10-18(20)15-27-22-9-5-4-8-17(22)13-25-14-21(26)16-6-2-1-3-7-16/h1-12,21,25-26H,13-15H2/t21-/m0/s1. The molecule has 5 heteroatoms. The summed E-state index contributed by atoms with van der Waals surface area (Å²) < 4.78 is 19.0. The van der Waals surface area contributed by atoms with Gasteiger partial charge < -0.3 is 15.2 Å². The van der Waals surface area contributed by atoms with Crippen LogP contribution in [0.1, 0.15) is 22.8 Å². The minimum absolute atomic E-state index is 0.253. The van der Waals surface area contributed by atoms with Crippen LogP contribution in [-0.4, -0.2) is 11.7 Å². The molecule has 0 saturated heterocycles. The van der Waals surface area contributed by atoms with Gasteiger partial charge in [-0.15, -0.1) is 0 Å². The molecule has 1 atom stereocenters. The third kappa shape index (κ3) is 5.54. The van der Waals surface area contributed by atoms with Crippen LogP contribution in [0.2, 0.25) is 5.02 Å². The van der Waals surface area contributed by atoms with Crippen molar-refractivity contribution in [1.29, 1.82) is 0 Å². The smallest absolute Gasteiger partial charge is 0.124 e. The summed E-state index contributed by atoms with van der Waals surface area (Å²) in [6, 6.07) is 21.5. The lowest BCUT2D eigenvalue weighted by Crippen LogP contribution is -2.21. The average Bonchev–Trinajstić information content (AvgIpc) is 2.69. The number of aliphatic hydroxyl groups excluding tert-OH is 1. The fraction of sp³-hybridized carbons (Fsp3) is 0.182. The van der Waals surface area contributed by atoms with E-state index in [1.54, 1.807) is 6.07 Å². The Hall–Kier alpha value is -2.40. The van der Waals surface area contributed by atoms with E-state index in [9.17, 15) is 9.50 Å². The number of halogens is 2. The molecule has 0 unspecified atom stereocenters. The molecule has 0 aromatic heterocycles. The summed E-state index contributed by atoms with van der Waals surface area (Å²) >= 11 is 6.05. The Morgan fingerprint density at radius 1 is 0.963 bits per heavy atom. The molecule has 0 aliphatic rings. The van der Waals surface area contributed by atoms with E-state index in [1.807, 2.05) is 54.6 Å². The molecule has 0 amide bonds. The monoisotopic (exact) mass is 385 g/mol. The zero-order valence-electron chi connectivity index (χ0n) is 14.7. The maximum Gasteiger partial charge on any atom is 0.124 e. The largest absolute Gasteiger partial charge is 0.489 e. The maximum atomic E-state index is 13.1. The molecule has 0 saturated carbocycles. The number of aliphatic hydroxyl groups is 1. The average molecular weight is 386 g/mol. The molecule has 140 valence electrons. The first-order chi connectivity index (χ1) is 13.1. The van der Waals surface area contributed by atoms with E-state index in [2.05, 4.69) is 5.32 Å². The van der Waals surface area contributed by atoms with E-state index < -0.39 is 6.10 Å². The fourth-order valence-corrected chi connectivity index (χ4v) is 2.94. The van der Waals surface area contributed by atoms with E-state index in [4.69, 9.17) is 16.3 Å². The molecular weight excluding hydrogens is 365 g/mol. The summed E-state index contributed by atoms with van der Waals surface area (Å²) in [5, 5.41) is 13.8. The normalized spacial score (nSPS) is 12.0. The van der Waals surface area contributed by atoms with Gasteiger partial charge in [0.25, 0.3) is 0 Å². The number of benzene rings is 3. The topological polar surface area (TPSA) is 41.5 Å². The van der Waals surface area contributed by atoms with Crippen LogP contribution in [0.3, 0.4) is 0 Å². The first-order valence-electron chi connectivity index (χ1n) is 8.72. The highest BCUT2D eigenvalue weighted by molar-refractivity contribution is 6.31. The first-order valence-corrected chi connectivity index (χ1v) is 9.09. The van der Waals surface area contributed by atoms with Gasteiger partial charge in [0.2, 0.25) is 0 Å². The molecule has 0 bridgehead atoms. The van der Waals surface area contributed by atoms with Crippen molar-refractivity contribution in [2.45, 2.75) is 19.3 Å². The van der Waals surface area contributed by atoms with E-state index in [0.717, 1.165) is 22.4 Å². The second-order valence-corrected chi connectivity index (χ2v) is 6.60. The van der Waals surface area contributed by atoms with E-state index in [1.165, 1.54) is 12.1 Å². The summed E-state index contributed by atoms with van der Waals surface area (Å²) in [7, 11) is 0. The zero-order valence-corrected chi connectivity index (χ0v) is 15.5. The molecule has 0 aliphatic heterocycles. The summed E-state index contributed by atoms with van der Waals surface area (Å²) in [5.74, 6) is 0.352. The number of hydrogen-bond donors (Lipinski definition) is 2. The van der Waals surface area contributed by atoms with Crippen molar-refractivity contribution >= 4 is 11.6 Å². The van der Waals surface area contributed by atoms with Crippen molar-refractivity contribution < 1.29 is 14.2 Å². The molecule has 0 radical (unpaired) electrons. The molecule has 0 spiro atoms. The fourth-order valence-electron chi connectivity index (χ4n) is 2.72. The molecule has 3 aromatic rings. The summed E-state index contributed by atoms with van der Waals surface area (Å²) in [6.07, 6.45) is -0.572. The van der Waals surface area contributed by atoms with Gasteiger partial charge in [-0.05, 0) is 23.8 Å². The molecule has 3 nitrogen and oxygen atoms in total. The predicted molar refractivity (Wildman–Crippen MR) is 105 cm³/mol. The molecule has 0 heterocycles. The van der Waals surface area contributed by atoms with Gasteiger partial charge in [0.05, 0.1) is 11.1 Å². The highest BCUT2D eigenvalue weighted by Crippen LogP contribution is 2.23. The number of hydrogen-bond acceptors (Lipinski definition) is 3. The van der Waals surface area contributed by atoms with Gasteiger partial charge in [-0.25, -0.2) is 4.39 Å². The van der Waals surface area contributed by atoms with Crippen LogP contribution in [-0.2, 0) is 13.2 Å². The van der Waals surface area contributed by atoms with Crippen LogP contribution in [0.4, 0.5) is 4.39 Å². The van der Waals surface area contributed by atoms with Crippen LogP contribution < -0.4 is 10.1 Å². The lowest BCUT2D eigenvalue weighted by atomic mass is 10.1. The van der Waals surface area contributed by atoms with E-state index in [-0.39, 0.29) is 12.4 Å². The number of nitrogens with one attached hydrogen (secondary N) is 1. The summed E-state index contributed by atoms with van der Waals surface area (Å²) in [6.45, 7) is 1.24. The SMILES string of the molecule is O[C@@H](CNCc1ccccc1OCc1ccc(F)cc1Cl)c1ccccc1. The Bertz CT molecular complexity index is 873. The predicted octanol–water partition coefficient (Wildman–Crippen LogP) is 4.88. The molecular formula is C22H21ClFNO2. The van der Waals surface area contributed by atoms with Gasteiger partial charge >= 0.3 is 0 Å². The Balaban J connectivity index is 1.57. The molecule has 3 rings (SSSR count). The number of para-hydroxylation sites is 1. The first kappa shape index (κ1) is 19.4. The van der Waals surface area contributed by atoms with Crippen LogP contribution in [0.25, 0.3) is 0 Å². The lowest BCUT2D eigenvalue weighted by Gasteiger charge is -2.15. The van der Waals surface area contributed by atoms with Crippen molar-refractivity contribution in [2.24, 2.45) is 0 Å². The van der Waals surface area contributed by atoms with Gasteiger partial charge in [0, 0.05) is 24.2 Å². The summed E-state index contributed by atoms with van der Waals surface area (Å²) in [5.41, 5.74) is 2.57. The zero-order chi connectivity index (χ0) is 19.1. The van der Waals surface area contributed by atoms with Gasteiger partial charge in [-0.2, -0.15) is 0 Å². The van der Waals surface area contributed by atoms with E-state index >= 15 is 0 Å². The van der Waals surface area contributed by atoms with Crippen molar-refractivity contribution in [3.05, 3.63) is 100 Å². The minimum atomic E-state index is -0.572. The molecule has 2 N–H and O–H groups in total. The second kappa shape index (κ2) is 9.51. The maximum absolute atomic E-state index is 13.1. The van der Waals surface area contributed by atoms with Crippen LogP contribution in [0.15, 0.2) is 72.8 Å². The third-order valence-electron chi connectivity index (χ3n) is 4.21. The Labute approximate surface area is 163 Å². The van der Waals surface area contributed by atoms with E-state index in [0.29, 0.717) is 18.1 Å². The Kier molecular flexibility index (Phi) is 6.82. The van der Waals surface area contributed by atoms with Crippen molar-refractivity contribution in [2.75, 3.05) is 6.54 Å². The highest BCUT2D eigenvalue weighted by Gasteiger charge is 2.09. The van der Waals surface area contributed by atoms with Crippen molar-refractivity contribution in [3.63, 3.8) is 0 Å². The van der Waals surface area contributed by atoms with Gasteiger partial charge in [0.15, 0.2) is 0 Å². The minimum Gasteiger partial charge on any atom is -0.489 e. The number of rotatable bonds is 8. The van der Waals surface area contributed by atoms with Crippen LogP contribution >= 0.6 is 11.6 Å². The van der Waals surface area contributed by atoms with Crippen LogP contribution in [0.5, 0.6) is 5.75 Å². The molecule has 0 fully saturated rings. The Morgan fingerprint density at radius 2 is 1.70 bits per heavy atom. The Morgan fingerprint density at radius 3 is 2.48 bits per heavy atom. The van der Waals surface area contributed by atoms with Gasteiger partial charge in [-0.1, -0.05) is 66.2 Å². The highest BCUT2D eigenvalue weighted by atomic mass is 35.5. The lowest BCUT2D eigenvalue weighted by molar-refractivity contribution is 0.174. The quantitative estimate of drug-likeness (QED) is 0.580. The van der Waals surface area contributed by atoms with Gasteiger partial charge in [0.1, 0.15) is 18.2 Å². The second-order valence-electron chi connectivity index (χ2n) is 6.19. The molecule has 27 heavy (non-hydrogen) atoms. The number of ether oxygens (including phenoxy) is 1. The third-order valence-corrected chi connectivity index (χ3v) is 4.56.